The molecule has 5 nitrogen and oxygen atoms in total. The lowest BCUT2D eigenvalue weighted by Crippen LogP contribution is -2.43. The number of hydrogen-bond acceptors (Lipinski definition) is 5. The minimum Gasteiger partial charge on any atom is -0.466 e. The van der Waals surface area contributed by atoms with Gasteiger partial charge in [0, 0.05) is 4.88 Å². The van der Waals surface area contributed by atoms with E-state index in [9.17, 15) is 9.59 Å². The lowest BCUT2D eigenvalue weighted by atomic mass is 9.97. The molecule has 1 aromatic rings. The van der Waals surface area contributed by atoms with E-state index in [1.165, 1.54) is 0 Å². The molecule has 0 radical (unpaired) electrons. The number of thiophene rings is 1. The van der Waals surface area contributed by atoms with Crippen molar-refractivity contribution in [1.82, 2.24) is 10.2 Å². The van der Waals surface area contributed by atoms with Crippen LogP contribution in [-0.2, 0) is 14.3 Å². The highest BCUT2D eigenvalue weighted by molar-refractivity contribution is 7.10. The molecule has 0 aliphatic carbocycles. The molecule has 1 atom stereocenters. The molecule has 6 heteroatoms. The summed E-state index contributed by atoms with van der Waals surface area (Å²) in [7, 11) is 0. The van der Waals surface area contributed by atoms with Crippen molar-refractivity contribution in [2.24, 2.45) is 5.92 Å². The number of likely N-dealkylation sites (tertiary alicyclic amines) is 1. The molecule has 1 fully saturated rings. The van der Waals surface area contributed by atoms with E-state index in [0.717, 1.165) is 30.8 Å². The van der Waals surface area contributed by atoms with Gasteiger partial charge in [-0.05, 0) is 51.2 Å². The molecule has 0 saturated carbocycles. The van der Waals surface area contributed by atoms with Crippen molar-refractivity contribution < 1.29 is 14.3 Å². The van der Waals surface area contributed by atoms with Crippen molar-refractivity contribution in [2.75, 3.05) is 26.2 Å². The average molecular weight is 324 g/mol. The van der Waals surface area contributed by atoms with Crippen LogP contribution >= 0.6 is 11.3 Å². The molecule has 22 heavy (non-hydrogen) atoms. The van der Waals surface area contributed by atoms with Gasteiger partial charge in [-0.1, -0.05) is 6.07 Å². The molecule has 2 heterocycles. The Kier molecular flexibility index (Phi) is 6.39. The zero-order chi connectivity index (χ0) is 15.9. The van der Waals surface area contributed by atoms with Gasteiger partial charge in [0.05, 0.1) is 25.1 Å². The first kappa shape index (κ1) is 17.0. The molecule has 1 saturated heterocycles. The number of hydrogen-bond donors (Lipinski definition) is 1. The standard InChI is InChI=1S/C16H24N2O3S/c1-3-21-16(20)13-6-8-18(9-7-13)11-15(19)17-12(2)14-5-4-10-22-14/h4-5,10,12-13H,3,6-9,11H2,1-2H3,(H,17,19). The maximum Gasteiger partial charge on any atom is 0.309 e. The van der Waals surface area contributed by atoms with E-state index in [0.29, 0.717) is 13.2 Å². The fraction of sp³-hybridized carbons (Fsp3) is 0.625. The second-order valence-corrected chi connectivity index (χ2v) is 6.59. The van der Waals surface area contributed by atoms with Crippen molar-refractivity contribution in [2.45, 2.75) is 32.7 Å². The van der Waals surface area contributed by atoms with Gasteiger partial charge in [-0.2, -0.15) is 0 Å². The van der Waals surface area contributed by atoms with Crippen molar-refractivity contribution in [1.29, 1.82) is 0 Å². The summed E-state index contributed by atoms with van der Waals surface area (Å²) >= 11 is 1.65. The second-order valence-electron chi connectivity index (χ2n) is 5.61. The van der Waals surface area contributed by atoms with E-state index in [2.05, 4.69) is 10.2 Å². The SMILES string of the molecule is CCOC(=O)C1CCN(CC(=O)NC(C)c2cccs2)CC1. The molecule has 1 aromatic heterocycles. The number of ether oxygens (including phenoxy) is 1. The van der Waals surface area contributed by atoms with Crippen molar-refractivity contribution in [3.63, 3.8) is 0 Å². The Morgan fingerprint density at radius 1 is 1.45 bits per heavy atom. The van der Waals surface area contributed by atoms with Gasteiger partial charge in [0.25, 0.3) is 0 Å². The lowest BCUT2D eigenvalue weighted by molar-refractivity contribution is -0.149. The number of nitrogens with zero attached hydrogens (tertiary/aromatic N) is 1. The van der Waals surface area contributed by atoms with Crippen molar-refractivity contribution in [3.8, 4) is 0 Å². The van der Waals surface area contributed by atoms with Crippen molar-refractivity contribution >= 4 is 23.2 Å². The highest BCUT2D eigenvalue weighted by Gasteiger charge is 2.26. The van der Waals surface area contributed by atoms with Gasteiger partial charge >= 0.3 is 5.97 Å². The number of carbonyl (C=O) groups is 2. The summed E-state index contributed by atoms with van der Waals surface area (Å²) in [6.07, 6.45) is 1.54. The Hall–Kier alpha value is -1.40. The molecule has 1 N–H and O–H groups in total. The first-order valence-corrected chi connectivity index (χ1v) is 8.70. The molecule has 0 aromatic carbocycles. The Morgan fingerprint density at radius 3 is 2.77 bits per heavy atom. The van der Waals surface area contributed by atoms with E-state index >= 15 is 0 Å². The molecule has 1 aliphatic rings. The van der Waals surface area contributed by atoms with Crippen LogP contribution in [0.1, 0.15) is 37.6 Å². The van der Waals surface area contributed by atoms with Gasteiger partial charge in [0.2, 0.25) is 5.91 Å². The maximum absolute atomic E-state index is 12.1. The zero-order valence-corrected chi connectivity index (χ0v) is 14.0. The van der Waals surface area contributed by atoms with Gasteiger partial charge < -0.3 is 10.1 Å². The van der Waals surface area contributed by atoms with Crippen LogP contribution in [0.15, 0.2) is 17.5 Å². The predicted octanol–water partition coefficient (Wildman–Crippen LogP) is 2.20. The third kappa shape index (κ3) is 4.81. The first-order chi connectivity index (χ1) is 10.6. The third-order valence-corrected chi connectivity index (χ3v) is 4.98. The normalized spacial score (nSPS) is 17.9. The van der Waals surface area contributed by atoms with Crippen LogP contribution in [0.5, 0.6) is 0 Å². The largest absolute Gasteiger partial charge is 0.466 e. The first-order valence-electron chi connectivity index (χ1n) is 7.82. The number of amides is 1. The topological polar surface area (TPSA) is 58.6 Å². The van der Waals surface area contributed by atoms with E-state index in [4.69, 9.17) is 4.74 Å². The Labute approximate surface area is 135 Å². The monoisotopic (exact) mass is 324 g/mol. The van der Waals surface area contributed by atoms with Gasteiger partial charge in [-0.3, -0.25) is 14.5 Å². The predicted molar refractivity (Wildman–Crippen MR) is 86.7 cm³/mol. The number of nitrogens with one attached hydrogen (secondary N) is 1. The number of esters is 1. The highest BCUT2D eigenvalue weighted by Crippen LogP contribution is 2.20. The minimum atomic E-state index is -0.0991. The summed E-state index contributed by atoms with van der Waals surface area (Å²) in [6, 6.07) is 4.06. The van der Waals surface area contributed by atoms with E-state index in [1.807, 2.05) is 31.4 Å². The van der Waals surface area contributed by atoms with Crippen LogP contribution in [-0.4, -0.2) is 43.0 Å². The van der Waals surface area contributed by atoms with Crippen molar-refractivity contribution in [3.05, 3.63) is 22.4 Å². The van der Waals surface area contributed by atoms with Crippen LogP contribution in [0.4, 0.5) is 0 Å². The summed E-state index contributed by atoms with van der Waals surface area (Å²) in [5.41, 5.74) is 0. The van der Waals surface area contributed by atoms with Gasteiger partial charge in [0.1, 0.15) is 0 Å². The number of carbonyl (C=O) groups excluding carboxylic acids is 2. The molecule has 1 aliphatic heterocycles. The average Bonchev–Trinajstić information content (AvgIpc) is 3.02. The molecular weight excluding hydrogens is 300 g/mol. The van der Waals surface area contributed by atoms with Crippen LogP contribution in [0.2, 0.25) is 0 Å². The highest BCUT2D eigenvalue weighted by atomic mass is 32.1. The molecule has 2 rings (SSSR count). The van der Waals surface area contributed by atoms with Crippen LogP contribution < -0.4 is 5.32 Å². The summed E-state index contributed by atoms with van der Waals surface area (Å²) < 4.78 is 5.06. The van der Waals surface area contributed by atoms with E-state index < -0.39 is 0 Å². The molecule has 1 amide bonds. The summed E-state index contributed by atoms with van der Waals surface area (Å²) in [4.78, 5) is 27.0. The molecule has 0 spiro atoms. The Bertz CT molecular complexity index is 482. The Morgan fingerprint density at radius 2 is 2.18 bits per heavy atom. The van der Waals surface area contributed by atoms with Gasteiger partial charge in [0.15, 0.2) is 0 Å². The quantitative estimate of drug-likeness (QED) is 0.815. The maximum atomic E-state index is 12.1. The van der Waals surface area contributed by atoms with E-state index in [1.54, 1.807) is 11.3 Å². The minimum absolute atomic E-state index is 0.00990. The van der Waals surface area contributed by atoms with Gasteiger partial charge in [-0.15, -0.1) is 11.3 Å². The third-order valence-electron chi connectivity index (χ3n) is 3.92. The molecule has 0 bridgehead atoms. The number of rotatable bonds is 6. The number of piperidine rings is 1. The summed E-state index contributed by atoms with van der Waals surface area (Å²) in [5.74, 6) is -0.0716. The fourth-order valence-corrected chi connectivity index (χ4v) is 3.42. The second kappa shape index (κ2) is 8.29. The fourth-order valence-electron chi connectivity index (χ4n) is 2.69. The lowest BCUT2D eigenvalue weighted by Gasteiger charge is -2.30. The molecule has 122 valence electrons. The van der Waals surface area contributed by atoms with Crippen LogP contribution in [0.25, 0.3) is 0 Å². The summed E-state index contributed by atoms with van der Waals surface area (Å²) in [5, 5.41) is 5.03. The van der Waals surface area contributed by atoms with E-state index in [-0.39, 0.29) is 23.8 Å². The van der Waals surface area contributed by atoms with Crippen LogP contribution in [0.3, 0.4) is 0 Å². The van der Waals surface area contributed by atoms with Gasteiger partial charge in [-0.25, -0.2) is 0 Å². The van der Waals surface area contributed by atoms with Crippen LogP contribution in [0, 0.1) is 5.92 Å². The molecule has 1 unspecified atom stereocenters. The molecular formula is C16H24N2O3S. The smallest absolute Gasteiger partial charge is 0.309 e. The Balaban J connectivity index is 1.71. The zero-order valence-electron chi connectivity index (χ0n) is 13.2. The summed E-state index contributed by atoms with van der Waals surface area (Å²) in [6.45, 7) is 6.19.